The van der Waals surface area contributed by atoms with Crippen LogP contribution in [0.15, 0.2) is 18.2 Å². The second kappa shape index (κ2) is 8.24. The summed E-state index contributed by atoms with van der Waals surface area (Å²) >= 11 is 5.71. The molecular formula is C15H18ClFN2O4. The van der Waals surface area contributed by atoms with Gasteiger partial charge in [0.25, 0.3) is 5.91 Å². The SMILES string of the molecule is [2H]C([2H])(NC(=O)c1cc(F)cc(Cl)c1)C1CCN(CC(=O)OO)CC1. The minimum Gasteiger partial charge on any atom is -0.352 e. The van der Waals surface area contributed by atoms with Crippen LogP contribution in [0.25, 0.3) is 0 Å². The molecule has 1 aliphatic heterocycles. The molecule has 0 aromatic heterocycles. The van der Waals surface area contributed by atoms with E-state index < -0.39 is 30.1 Å². The molecule has 1 heterocycles. The number of carbonyl (C=O) groups excluding carboxylic acids is 2. The van der Waals surface area contributed by atoms with Crippen LogP contribution < -0.4 is 5.32 Å². The van der Waals surface area contributed by atoms with Gasteiger partial charge in [-0.2, -0.15) is 5.26 Å². The van der Waals surface area contributed by atoms with Gasteiger partial charge in [-0.1, -0.05) is 11.6 Å². The summed E-state index contributed by atoms with van der Waals surface area (Å²) < 4.78 is 29.6. The molecular weight excluding hydrogens is 327 g/mol. The van der Waals surface area contributed by atoms with Crippen LogP contribution in [0.5, 0.6) is 0 Å². The minimum absolute atomic E-state index is 0.0507. The van der Waals surface area contributed by atoms with Crippen molar-refractivity contribution in [3.05, 3.63) is 34.6 Å². The standard InChI is InChI=1S/C15H18ClFN2O4/c16-12-5-11(6-13(17)7-12)15(21)18-8-10-1-3-19(4-2-10)9-14(20)23-22/h5-7,10,22H,1-4,8-9H2,(H,18,21)/i8D2. The van der Waals surface area contributed by atoms with Crippen molar-refractivity contribution >= 4 is 23.5 Å². The van der Waals surface area contributed by atoms with Gasteiger partial charge in [-0.05, 0) is 50.0 Å². The molecule has 0 aliphatic carbocycles. The van der Waals surface area contributed by atoms with Gasteiger partial charge in [0, 0.05) is 19.8 Å². The van der Waals surface area contributed by atoms with Crippen molar-refractivity contribution in [3.63, 3.8) is 0 Å². The Morgan fingerprint density at radius 3 is 2.74 bits per heavy atom. The van der Waals surface area contributed by atoms with E-state index in [2.05, 4.69) is 10.2 Å². The van der Waals surface area contributed by atoms with Crippen LogP contribution in [0.3, 0.4) is 0 Å². The van der Waals surface area contributed by atoms with Gasteiger partial charge in [-0.3, -0.25) is 14.6 Å². The highest BCUT2D eigenvalue weighted by atomic mass is 35.5. The maximum atomic E-state index is 13.3. The van der Waals surface area contributed by atoms with Crippen LogP contribution in [-0.4, -0.2) is 48.2 Å². The van der Waals surface area contributed by atoms with Gasteiger partial charge >= 0.3 is 5.97 Å². The number of nitrogens with one attached hydrogen (secondary N) is 1. The fraction of sp³-hybridized carbons (Fsp3) is 0.467. The number of piperidine rings is 1. The number of likely N-dealkylation sites (tertiary alicyclic amines) is 1. The third-order valence-electron chi connectivity index (χ3n) is 3.56. The summed E-state index contributed by atoms with van der Waals surface area (Å²) in [7, 11) is 0. The third-order valence-corrected chi connectivity index (χ3v) is 3.77. The largest absolute Gasteiger partial charge is 0.355 e. The molecule has 0 saturated carbocycles. The van der Waals surface area contributed by atoms with Gasteiger partial charge < -0.3 is 5.32 Å². The average molecular weight is 347 g/mol. The van der Waals surface area contributed by atoms with E-state index in [1.807, 2.05) is 0 Å². The molecule has 2 N–H and O–H groups in total. The summed E-state index contributed by atoms with van der Waals surface area (Å²) in [6.07, 6.45) is 0.797. The zero-order valence-corrected chi connectivity index (χ0v) is 13.0. The van der Waals surface area contributed by atoms with E-state index in [0.29, 0.717) is 25.9 Å². The van der Waals surface area contributed by atoms with Gasteiger partial charge in [0.2, 0.25) is 0 Å². The zero-order chi connectivity index (χ0) is 18.6. The zero-order valence-electron chi connectivity index (χ0n) is 14.2. The predicted octanol–water partition coefficient (Wildman–Crippen LogP) is 1.94. The Hall–Kier alpha value is -1.70. The van der Waals surface area contributed by atoms with Crippen LogP contribution >= 0.6 is 11.6 Å². The first-order valence-corrected chi connectivity index (χ1v) is 7.44. The molecule has 1 saturated heterocycles. The van der Waals surface area contributed by atoms with Crippen molar-refractivity contribution in [2.75, 3.05) is 26.1 Å². The molecule has 1 amide bonds. The normalized spacial score (nSPS) is 18.0. The van der Waals surface area contributed by atoms with E-state index in [-0.39, 0.29) is 17.1 Å². The lowest BCUT2D eigenvalue weighted by molar-refractivity contribution is -0.235. The number of halogens is 2. The maximum absolute atomic E-state index is 13.3. The van der Waals surface area contributed by atoms with E-state index in [0.717, 1.165) is 12.1 Å². The Morgan fingerprint density at radius 2 is 2.13 bits per heavy atom. The van der Waals surface area contributed by atoms with Crippen molar-refractivity contribution in [2.24, 2.45) is 5.92 Å². The van der Waals surface area contributed by atoms with Crippen LogP contribution in [0, 0.1) is 11.7 Å². The summed E-state index contributed by atoms with van der Waals surface area (Å²) in [6.45, 7) is -1.25. The van der Waals surface area contributed by atoms with Crippen LogP contribution in [-0.2, 0) is 9.68 Å². The van der Waals surface area contributed by atoms with Crippen molar-refractivity contribution in [2.45, 2.75) is 12.8 Å². The number of amides is 1. The fourth-order valence-electron chi connectivity index (χ4n) is 2.37. The fourth-order valence-corrected chi connectivity index (χ4v) is 2.59. The molecule has 2 rings (SSSR count). The summed E-state index contributed by atoms with van der Waals surface area (Å²) in [5.41, 5.74) is -0.0583. The summed E-state index contributed by atoms with van der Waals surface area (Å²) in [5, 5.41) is 10.6. The van der Waals surface area contributed by atoms with E-state index in [1.54, 1.807) is 4.90 Å². The molecule has 0 bridgehead atoms. The highest BCUT2D eigenvalue weighted by Crippen LogP contribution is 2.17. The smallest absolute Gasteiger partial charge is 0.352 e. The molecule has 8 heteroatoms. The van der Waals surface area contributed by atoms with Gasteiger partial charge in [-0.15, -0.1) is 0 Å². The van der Waals surface area contributed by atoms with Crippen molar-refractivity contribution in [1.82, 2.24) is 10.2 Å². The third kappa shape index (κ3) is 5.46. The Kier molecular flexibility index (Phi) is 5.32. The Labute approximate surface area is 140 Å². The first-order chi connectivity index (χ1) is 11.7. The summed E-state index contributed by atoms with van der Waals surface area (Å²) in [4.78, 5) is 28.5. The molecule has 0 atom stereocenters. The average Bonchev–Trinajstić information content (AvgIpc) is 2.54. The molecule has 6 nitrogen and oxygen atoms in total. The van der Waals surface area contributed by atoms with Gasteiger partial charge in [-0.25, -0.2) is 9.18 Å². The molecule has 0 radical (unpaired) electrons. The van der Waals surface area contributed by atoms with Crippen LogP contribution in [0.2, 0.25) is 5.02 Å². The number of rotatable bonds is 5. The molecule has 1 aromatic carbocycles. The first kappa shape index (κ1) is 14.9. The number of carbonyl (C=O) groups is 2. The molecule has 1 fully saturated rings. The molecule has 1 aliphatic rings. The predicted molar refractivity (Wildman–Crippen MR) is 81.6 cm³/mol. The van der Waals surface area contributed by atoms with Crippen molar-refractivity contribution in [1.29, 1.82) is 0 Å². The quantitative estimate of drug-likeness (QED) is 0.629. The van der Waals surface area contributed by atoms with Crippen LogP contribution in [0.1, 0.15) is 25.9 Å². The lowest BCUT2D eigenvalue weighted by Crippen LogP contribution is -2.41. The molecule has 0 spiro atoms. The molecule has 0 unspecified atom stereocenters. The van der Waals surface area contributed by atoms with E-state index in [9.17, 15) is 14.0 Å². The van der Waals surface area contributed by atoms with Crippen molar-refractivity contribution in [3.8, 4) is 0 Å². The monoisotopic (exact) mass is 346 g/mol. The number of nitrogens with zero attached hydrogens (tertiary/aromatic N) is 1. The van der Waals surface area contributed by atoms with Crippen molar-refractivity contribution < 1.29 is 26.9 Å². The number of hydrogen-bond acceptors (Lipinski definition) is 5. The van der Waals surface area contributed by atoms with E-state index in [1.165, 1.54) is 6.07 Å². The highest BCUT2D eigenvalue weighted by molar-refractivity contribution is 6.31. The first-order valence-electron chi connectivity index (χ1n) is 8.06. The Morgan fingerprint density at radius 1 is 1.43 bits per heavy atom. The van der Waals surface area contributed by atoms with Gasteiger partial charge in [0.05, 0.1) is 0 Å². The number of hydrogen-bond donors (Lipinski definition) is 2. The van der Waals surface area contributed by atoms with E-state index >= 15 is 0 Å². The Bertz CT molecular complexity index is 634. The second-order valence-electron chi connectivity index (χ2n) is 5.27. The minimum atomic E-state index is -2.00. The Balaban J connectivity index is 1.95. The molecule has 23 heavy (non-hydrogen) atoms. The second-order valence-corrected chi connectivity index (χ2v) is 5.71. The molecule has 1 aromatic rings. The topological polar surface area (TPSA) is 78.9 Å². The van der Waals surface area contributed by atoms with Gasteiger partial charge in [0.15, 0.2) is 0 Å². The van der Waals surface area contributed by atoms with Gasteiger partial charge in [0.1, 0.15) is 12.4 Å². The summed E-state index contributed by atoms with van der Waals surface area (Å²) in [6, 6.07) is 3.31. The number of benzene rings is 1. The van der Waals surface area contributed by atoms with E-state index in [4.69, 9.17) is 19.6 Å². The summed E-state index contributed by atoms with van der Waals surface area (Å²) in [5.74, 6) is -2.68. The molecule has 126 valence electrons. The highest BCUT2D eigenvalue weighted by Gasteiger charge is 2.22. The lowest BCUT2D eigenvalue weighted by Gasteiger charge is -2.30. The maximum Gasteiger partial charge on any atom is 0.355 e. The van der Waals surface area contributed by atoms with Crippen LogP contribution in [0.4, 0.5) is 4.39 Å². The lowest BCUT2D eigenvalue weighted by atomic mass is 9.96.